The van der Waals surface area contributed by atoms with Crippen molar-refractivity contribution in [2.75, 3.05) is 26.7 Å². The fraction of sp³-hybridized carbons (Fsp3) is 0.409. The standard InChI is InChI=1S/C22H25N3O5/c1-30-16-5-2-4-15(10-16)13-24-8-3-6-22(21(24)29)7-9-25(14-22)20(28)17-12-23-19(27)11-18(17)26/h2,4-5,10-12H,3,6-9,13-14H2,1H3,(H2,23,26,27)/t22-/m0/s1. The molecule has 1 atom stereocenters. The van der Waals surface area contributed by atoms with E-state index in [-0.39, 0.29) is 23.1 Å². The number of piperidine rings is 1. The van der Waals surface area contributed by atoms with E-state index in [0.717, 1.165) is 30.2 Å². The maximum atomic E-state index is 13.4. The number of carbonyl (C=O) groups excluding carboxylic acids is 2. The van der Waals surface area contributed by atoms with Crippen LogP contribution < -0.4 is 10.3 Å². The summed E-state index contributed by atoms with van der Waals surface area (Å²) < 4.78 is 5.27. The third-order valence-corrected chi connectivity index (χ3v) is 6.11. The molecule has 158 valence electrons. The molecule has 2 N–H and O–H groups in total. The van der Waals surface area contributed by atoms with Crippen LogP contribution >= 0.6 is 0 Å². The molecule has 3 heterocycles. The molecule has 0 radical (unpaired) electrons. The van der Waals surface area contributed by atoms with E-state index < -0.39 is 11.0 Å². The van der Waals surface area contributed by atoms with Gasteiger partial charge in [-0.25, -0.2) is 0 Å². The summed E-state index contributed by atoms with van der Waals surface area (Å²) in [6.07, 6.45) is 3.43. The highest BCUT2D eigenvalue weighted by Crippen LogP contribution is 2.41. The number of carbonyl (C=O) groups is 2. The molecule has 0 bridgehead atoms. The highest BCUT2D eigenvalue weighted by atomic mass is 16.5. The minimum Gasteiger partial charge on any atom is -0.507 e. The van der Waals surface area contributed by atoms with Crippen LogP contribution in [0.5, 0.6) is 11.5 Å². The molecule has 2 aliphatic rings. The second-order valence-corrected chi connectivity index (χ2v) is 8.04. The van der Waals surface area contributed by atoms with Crippen molar-refractivity contribution in [3.05, 3.63) is 58.0 Å². The van der Waals surface area contributed by atoms with Gasteiger partial charge >= 0.3 is 0 Å². The Kier molecular flexibility index (Phi) is 5.24. The lowest BCUT2D eigenvalue weighted by Gasteiger charge is -2.39. The summed E-state index contributed by atoms with van der Waals surface area (Å²) in [5.74, 6) is 0.0975. The number of rotatable bonds is 4. The molecule has 2 fully saturated rings. The summed E-state index contributed by atoms with van der Waals surface area (Å²) in [5.41, 5.74) is -0.0190. The van der Waals surface area contributed by atoms with Gasteiger partial charge in [-0.2, -0.15) is 0 Å². The number of aromatic hydroxyl groups is 1. The first-order valence-corrected chi connectivity index (χ1v) is 10.1. The predicted molar refractivity (Wildman–Crippen MR) is 109 cm³/mol. The first-order chi connectivity index (χ1) is 14.4. The second kappa shape index (κ2) is 7.85. The van der Waals surface area contributed by atoms with Gasteiger partial charge in [-0.15, -0.1) is 0 Å². The summed E-state index contributed by atoms with van der Waals surface area (Å²) in [7, 11) is 1.62. The highest BCUT2D eigenvalue weighted by molar-refractivity contribution is 5.97. The lowest BCUT2D eigenvalue weighted by atomic mass is 9.78. The number of hydrogen-bond acceptors (Lipinski definition) is 5. The summed E-state index contributed by atoms with van der Waals surface area (Å²) in [6.45, 7) is 1.95. The Balaban J connectivity index is 1.49. The Morgan fingerprint density at radius 2 is 2.07 bits per heavy atom. The largest absolute Gasteiger partial charge is 0.507 e. The van der Waals surface area contributed by atoms with Crippen molar-refractivity contribution < 1.29 is 19.4 Å². The van der Waals surface area contributed by atoms with Crippen LogP contribution in [0.4, 0.5) is 0 Å². The van der Waals surface area contributed by atoms with Gasteiger partial charge in [-0.05, 0) is 37.0 Å². The number of ether oxygens (including phenoxy) is 1. The molecule has 1 aromatic heterocycles. The summed E-state index contributed by atoms with van der Waals surface area (Å²) in [4.78, 5) is 43.4. The molecule has 2 aliphatic heterocycles. The summed E-state index contributed by atoms with van der Waals surface area (Å²) in [6, 6.07) is 8.67. The zero-order valence-electron chi connectivity index (χ0n) is 16.9. The monoisotopic (exact) mass is 411 g/mol. The zero-order chi connectivity index (χ0) is 21.3. The fourth-order valence-electron chi connectivity index (χ4n) is 4.52. The molecule has 4 rings (SSSR count). The van der Waals surface area contributed by atoms with Gasteiger partial charge in [0.15, 0.2) is 0 Å². The van der Waals surface area contributed by atoms with E-state index >= 15 is 0 Å². The van der Waals surface area contributed by atoms with Gasteiger partial charge in [0.05, 0.1) is 18.1 Å². The third-order valence-electron chi connectivity index (χ3n) is 6.11. The third kappa shape index (κ3) is 3.65. The Hall–Kier alpha value is -3.29. The Bertz CT molecular complexity index is 1030. The van der Waals surface area contributed by atoms with Crippen LogP contribution in [0, 0.1) is 5.41 Å². The number of aromatic amines is 1. The van der Waals surface area contributed by atoms with Crippen molar-refractivity contribution in [3.63, 3.8) is 0 Å². The van der Waals surface area contributed by atoms with Crippen molar-refractivity contribution >= 4 is 11.8 Å². The minimum atomic E-state index is -0.593. The van der Waals surface area contributed by atoms with Gasteiger partial charge in [-0.3, -0.25) is 14.4 Å². The Labute approximate surface area is 174 Å². The average Bonchev–Trinajstić information content (AvgIpc) is 3.16. The number of aromatic nitrogens is 1. The maximum absolute atomic E-state index is 13.4. The summed E-state index contributed by atoms with van der Waals surface area (Å²) >= 11 is 0. The highest BCUT2D eigenvalue weighted by Gasteiger charge is 2.49. The van der Waals surface area contributed by atoms with E-state index in [1.165, 1.54) is 6.20 Å². The van der Waals surface area contributed by atoms with E-state index in [1.807, 2.05) is 29.2 Å². The predicted octanol–water partition coefficient (Wildman–Crippen LogP) is 1.74. The molecule has 8 nitrogen and oxygen atoms in total. The van der Waals surface area contributed by atoms with Crippen molar-refractivity contribution in [1.29, 1.82) is 0 Å². The van der Waals surface area contributed by atoms with Gasteiger partial charge in [0, 0.05) is 38.4 Å². The molecule has 0 aliphatic carbocycles. The fourth-order valence-corrected chi connectivity index (χ4v) is 4.52. The van der Waals surface area contributed by atoms with Crippen LogP contribution in [0.15, 0.2) is 41.3 Å². The van der Waals surface area contributed by atoms with Gasteiger partial charge in [0.2, 0.25) is 5.91 Å². The second-order valence-electron chi connectivity index (χ2n) is 8.04. The number of nitrogens with one attached hydrogen (secondary N) is 1. The molecule has 1 spiro atoms. The van der Waals surface area contributed by atoms with Crippen molar-refractivity contribution in [2.24, 2.45) is 5.41 Å². The number of H-pyrrole nitrogens is 1. The average molecular weight is 411 g/mol. The summed E-state index contributed by atoms with van der Waals surface area (Å²) in [5, 5.41) is 9.97. The van der Waals surface area contributed by atoms with Gasteiger partial charge < -0.3 is 24.6 Å². The van der Waals surface area contributed by atoms with Crippen LogP contribution in [0.25, 0.3) is 0 Å². The number of benzene rings is 1. The van der Waals surface area contributed by atoms with Crippen molar-refractivity contribution in [2.45, 2.75) is 25.8 Å². The normalized spacial score (nSPS) is 21.3. The van der Waals surface area contributed by atoms with Crippen LogP contribution in [0.3, 0.4) is 0 Å². The molecule has 30 heavy (non-hydrogen) atoms. The van der Waals surface area contributed by atoms with Crippen LogP contribution in [-0.4, -0.2) is 58.4 Å². The molecule has 2 amide bonds. The van der Waals surface area contributed by atoms with E-state index in [9.17, 15) is 19.5 Å². The minimum absolute atomic E-state index is 0.0446. The Morgan fingerprint density at radius 1 is 1.23 bits per heavy atom. The number of nitrogens with zero attached hydrogens (tertiary/aromatic N) is 2. The number of likely N-dealkylation sites (tertiary alicyclic amines) is 2. The van der Waals surface area contributed by atoms with Crippen molar-refractivity contribution in [3.8, 4) is 11.5 Å². The number of amides is 2. The van der Waals surface area contributed by atoms with Gasteiger partial charge in [0.1, 0.15) is 11.5 Å². The van der Waals surface area contributed by atoms with E-state index in [1.54, 1.807) is 12.0 Å². The van der Waals surface area contributed by atoms with E-state index in [2.05, 4.69) is 4.98 Å². The van der Waals surface area contributed by atoms with Crippen molar-refractivity contribution in [1.82, 2.24) is 14.8 Å². The molecule has 2 saturated heterocycles. The lowest BCUT2D eigenvalue weighted by molar-refractivity contribution is -0.146. The topological polar surface area (TPSA) is 103 Å². The first kappa shape index (κ1) is 20.0. The lowest BCUT2D eigenvalue weighted by Crippen LogP contribution is -2.50. The smallest absolute Gasteiger partial charge is 0.259 e. The quantitative estimate of drug-likeness (QED) is 0.798. The molecule has 8 heteroatoms. The Morgan fingerprint density at radius 3 is 2.83 bits per heavy atom. The van der Waals surface area contributed by atoms with E-state index in [4.69, 9.17) is 4.74 Å². The zero-order valence-corrected chi connectivity index (χ0v) is 16.9. The molecular weight excluding hydrogens is 386 g/mol. The molecular formula is C22H25N3O5. The molecule has 0 unspecified atom stereocenters. The number of pyridine rings is 1. The number of hydrogen-bond donors (Lipinski definition) is 2. The number of methoxy groups -OCH3 is 1. The van der Waals surface area contributed by atoms with Crippen LogP contribution in [0.1, 0.15) is 35.2 Å². The maximum Gasteiger partial charge on any atom is 0.259 e. The van der Waals surface area contributed by atoms with Gasteiger partial charge in [-0.1, -0.05) is 12.1 Å². The van der Waals surface area contributed by atoms with Gasteiger partial charge in [0.25, 0.3) is 11.5 Å². The SMILES string of the molecule is COc1cccc(CN2CCC[C@@]3(CCN(C(=O)c4c[nH]c(=O)cc4O)C3)C2=O)c1. The molecule has 1 aromatic carbocycles. The van der Waals surface area contributed by atoms with Crippen LogP contribution in [-0.2, 0) is 11.3 Å². The van der Waals surface area contributed by atoms with E-state index in [0.29, 0.717) is 32.6 Å². The van der Waals surface area contributed by atoms with Crippen LogP contribution in [0.2, 0.25) is 0 Å². The molecule has 0 saturated carbocycles. The first-order valence-electron chi connectivity index (χ1n) is 10.1. The molecule has 2 aromatic rings.